The van der Waals surface area contributed by atoms with E-state index in [9.17, 15) is 0 Å². The summed E-state index contributed by atoms with van der Waals surface area (Å²) in [7, 11) is 0. The van der Waals surface area contributed by atoms with Crippen LogP contribution in [0.5, 0.6) is 5.75 Å². The molecular formula is C11H11ClO. The molecule has 1 aromatic rings. The van der Waals surface area contributed by atoms with Crippen molar-refractivity contribution in [1.82, 2.24) is 0 Å². The van der Waals surface area contributed by atoms with Crippen LogP contribution in [-0.2, 0) is 0 Å². The van der Waals surface area contributed by atoms with E-state index >= 15 is 0 Å². The number of halogens is 1. The van der Waals surface area contributed by atoms with Crippen molar-refractivity contribution in [3.05, 3.63) is 41.4 Å². The number of ether oxygens (including phenoxy) is 1. The Morgan fingerprint density at radius 3 is 3.15 bits per heavy atom. The molecule has 1 heterocycles. The zero-order valence-electron chi connectivity index (χ0n) is 7.29. The minimum Gasteiger partial charge on any atom is -0.493 e. The van der Waals surface area contributed by atoms with Crippen LogP contribution in [0.15, 0.2) is 30.9 Å². The van der Waals surface area contributed by atoms with Crippen molar-refractivity contribution >= 4 is 11.6 Å². The summed E-state index contributed by atoms with van der Waals surface area (Å²) in [6, 6.07) is 5.74. The summed E-state index contributed by atoms with van der Waals surface area (Å²) in [4.78, 5) is 0. The monoisotopic (exact) mass is 194 g/mol. The molecule has 1 nitrogen and oxygen atoms in total. The summed E-state index contributed by atoms with van der Waals surface area (Å²) in [6.07, 6.45) is 2.95. The predicted octanol–water partition coefficient (Wildman–Crippen LogP) is 3.39. The summed E-state index contributed by atoms with van der Waals surface area (Å²) in [5.74, 6) is 1.34. The van der Waals surface area contributed by atoms with Crippen LogP contribution < -0.4 is 4.74 Å². The Bertz CT molecular complexity index is 333. The van der Waals surface area contributed by atoms with Gasteiger partial charge in [-0.15, -0.1) is 6.58 Å². The molecule has 1 aliphatic heterocycles. The summed E-state index contributed by atoms with van der Waals surface area (Å²) in [5, 5.41) is 0.760. The van der Waals surface area contributed by atoms with Gasteiger partial charge in [0.1, 0.15) is 5.75 Å². The third-order valence-electron chi connectivity index (χ3n) is 2.34. The van der Waals surface area contributed by atoms with Gasteiger partial charge >= 0.3 is 0 Å². The molecule has 1 atom stereocenters. The first-order valence-corrected chi connectivity index (χ1v) is 4.74. The Balaban J connectivity index is 2.47. The Morgan fingerprint density at radius 1 is 1.54 bits per heavy atom. The molecule has 68 valence electrons. The molecule has 1 aromatic carbocycles. The molecule has 0 N–H and O–H groups in total. The van der Waals surface area contributed by atoms with Crippen LogP contribution in [0.3, 0.4) is 0 Å². The van der Waals surface area contributed by atoms with Crippen LogP contribution in [0.2, 0.25) is 5.02 Å². The van der Waals surface area contributed by atoms with Crippen LogP contribution in [0.4, 0.5) is 0 Å². The first kappa shape index (κ1) is 8.64. The standard InChI is InChI=1S/C11H11ClO/c1-2-8-5-6-13-11-4-3-9(12)7-10(8)11/h2-4,7-8H,1,5-6H2. The lowest BCUT2D eigenvalue weighted by atomic mass is 9.93. The largest absolute Gasteiger partial charge is 0.493 e. The summed E-state index contributed by atoms with van der Waals surface area (Å²) in [5.41, 5.74) is 1.16. The number of allylic oxidation sites excluding steroid dienone is 1. The molecule has 13 heavy (non-hydrogen) atoms. The van der Waals surface area contributed by atoms with Gasteiger partial charge in [-0.3, -0.25) is 0 Å². The molecule has 0 saturated heterocycles. The summed E-state index contributed by atoms with van der Waals surface area (Å²) < 4.78 is 5.50. The predicted molar refractivity (Wildman–Crippen MR) is 54.5 cm³/mol. The van der Waals surface area contributed by atoms with Crippen molar-refractivity contribution in [2.75, 3.05) is 6.61 Å². The number of hydrogen-bond acceptors (Lipinski definition) is 1. The molecule has 0 spiro atoms. The highest BCUT2D eigenvalue weighted by atomic mass is 35.5. The zero-order chi connectivity index (χ0) is 9.26. The molecule has 0 aromatic heterocycles. The van der Waals surface area contributed by atoms with E-state index in [1.807, 2.05) is 24.3 Å². The van der Waals surface area contributed by atoms with Crippen LogP contribution in [0.25, 0.3) is 0 Å². The third-order valence-corrected chi connectivity index (χ3v) is 2.58. The topological polar surface area (TPSA) is 9.23 Å². The Labute approximate surface area is 83.0 Å². The van der Waals surface area contributed by atoms with Gasteiger partial charge in [0, 0.05) is 16.5 Å². The molecule has 0 radical (unpaired) electrons. The fourth-order valence-electron chi connectivity index (χ4n) is 1.64. The van der Waals surface area contributed by atoms with Crippen LogP contribution >= 0.6 is 11.6 Å². The second-order valence-corrected chi connectivity index (χ2v) is 3.60. The summed E-state index contributed by atoms with van der Waals surface area (Å²) in [6.45, 7) is 4.58. The van der Waals surface area contributed by atoms with Crippen molar-refractivity contribution in [3.8, 4) is 5.75 Å². The Hall–Kier alpha value is -0.950. The minimum atomic E-state index is 0.391. The van der Waals surface area contributed by atoms with Crippen molar-refractivity contribution in [2.45, 2.75) is 12.3 Å². The fourth-order valence-corrected chi connectivity index (χ4v) is 1.82. The average Bonchev–Trinajstić information content (AvgIpc) is 2.17. The molecule has 0 aliphatic carbocycles. The van der Waals surface area contributed by atoms with E-state index in [1.165, 1.54) is 0 Å². The molecule has 0 saturated carbocycles. The number of benzene rings is 1. The van der Waals surface area contributed by atoms with E-state index in [0.717, 1.165) is 29.4 Å². The number of rotatable bonds is 1. The van der Waals surface area contributed by atoms with Crippen LogP contribution in [0, 0.1) is 0 Å². The van der Waals surface area contributed by atoms with Crippen molar-refractivity contribution < 1.29 is 4.74 Å². The highest BCUT2D eigenvalue weighted by Gasteiger charge is 2.18. The Morgan fingerprint density at radius 2 is 2.38 bits per heavy atom. The fraction of sp³-hybridized carbons (Fsp3) is 0.273. The van der Waals surface area contributed by atoms with Crippen LogP contribution in [-0.4, -0.2) is 6.61 Å². The second kappa shape index (κ2) is 3.43. The van der Waals surface area contributed by atoms with Crippen molar-refractivity contribution in [1.29, 1.82) is 0 Å². The van der Waals surface area contributed by atoms with Gasteiger partial charge in [-0.25, -0.2) is 0 Å². The normalized spacial score (nSPS) is 20.2. The SMILES string of the molecule is C=CC1CCOc2ccc(Cl)cc21. The first-order chi connectivity index (χ1) is 6.31. The Kier molecular flexibility index (Phi) is 2.28. The number of hydrogen-bond donors (Lipinski definition) is 0. The molecule has 0 fully saturated rings. The highest BCUT2D eigenvalue weighted by Crippen LogP contribution is 2.35. The van der Waals surface area contributed by atoms with E-state index in [2.05, 4.69) is 6.58 Å². The first-order valence-electron chi connectivity index (χ1n) is 4.36. The maximum absolute atomic E-state index is 5.91. The van der Waals surface area contributed by atoms with E-state index in [1.54, 1.807) is 0 Å². The van der Waals surface area contributed by atoms with E-state index in [4.69, 9.17) is 16.3 Å². The van der Waals surface area contributed by atoms with Gasteiger partial charge in [-0.05, 0) is 24.6 Å². The van der Waals surface area contributed by atoms with Crippen LogP contribution in [0.1, 0.15) is 17.9 Å². The quantitative estimate of drug-likeness (QED) is 0.623. The van der Waals surface area contributed by atoms with Gasteiger partial charge in [0.25, 0.3) is 0 Å². The molecule has 0 amide bonds. The van der Waals surface area contributed by atoms with Gasteiger partial charge in [0.05, 0.1) is 6.61 Å². The van der Waals surface area contributed by atoms with Crippen molar-refractivity contribution in [2.24, 2.45) is 0 Å². The lowest BCUT2D eigenvalue weighted by Gasteiger charge is -2.23. The highest BCUT2D eigenvalue weighted by molar-refractivity contribution is 6.30. The molecule has 1 unspecified atom stereocenters. The van der Waals surface area contributed by atoms with Crippen molar-refractivity contribution in [3.63, 3.8) is 0 Å². The number of fused-ring (bicyclic) bond motifs is 1. The van der Waals surface area contributed by atoms with Gasteiger partial charge in [-0.2, -0.15) is 0 Å². The lowest BCUT2D eigenvalue weighted by Crippen LogP contribution is -2.12. The molecule has 0 bridgehead atoms. The maximum atomic E-state index is 5.91. The van der Waals surface area contributed by atoms with E-state index < -0.39 is 0 Å². The molecule has 2 heteroatoms. The second-order valence-electron chi connectivity index (χ2n) is 3.16. The maximum Gasteiger partial charge on any atom is 0.123 e. The van der Waals surface area contributed by atoms with E-state index in [0.29, 0.717) is 5.92 Å². The third kappa shape index (κ3) is 1.56. The molecular weight excluding hydrogens is 184 g/mol. The molecule has 1 aliphatic rings. The zero-order valence-corrected chi connectivity index (χ0v) is 8.05. The van der Waals surface area contributed by atoms with Gasteiger partial charge in [-0.1, -0.05) is 17.7 Å². The summed E-state index contributed by atoms with van der Waals surface area (Å²) >= 11 is 5.91. The van der Waals surface area contributed by atoms with E-state index in [-0.39, 0.29) is 0 Å². The molecule has 2 rings (SSSR count). The van der Waals surface area contributed by atoms with Gasteiger partial charge in [0.15, 0.2) is 0 Å². The average molecular weight is 195 g/mol. The smallest absolute Gasteiger partial charge is 0.123 e. The minimum absolute atomic E-state index is 0.391. The van der Waals surface area contributed by atoms with Gasteiger partial charge < -0.3 is 4.74 Å². The van der Waals surface area contributed by atoms with Gasteiger partial charge in [0.2, 0.25) is 0 Å². The lowest BCUT2D eigenvalue weighted by molar-refractivity contribution is 0.279.